The van der Waals surface area contributed by atoms with Gasteiger partial charge in [-0.05, 0) is 49.8 Å². The highest BCUT2D eigenvalue weighted by molar-refractivity contribution is 9.10. The normalized spacial score (nSPS) is 23.7. The molecule has 1 saturated heterocycles. The Labute approximate surface area is 135 Å². The third-order valence-corrected chi connectivity index (χ3v) is 5.90. The van der Waals surface area contributed by atoms with Crippen LogP contribution in [0.5, 0.6) is 0 Å². The van der Waals surface area contributed by atoms with Gasteiger partial charge in [0.2, 0.25) is 10.0 Å². The van der Waals surface area contributed by atoms with Crippen molar-refractivity contribution >= 4 is 26.0 Å². The Morgan fingerprint density at radius 2 is 2.00 bits per heavy atom. The van der Waals surface area contributed by atoms with E-state index in [1.165, 1.54) is 10.6 Å². The fourth-order valence-corrected chi connectivity index (χ4v) is 4.19. The highest BCUT2D eigenvalue weighted by atomic mass is 79.9. The van der Waals surface area contributed by atoms with Crippen molar-refractivity contribution in [3.8, 4) is 0 Å². The zero-order chi connectivity index (χ0) is 15.7. The Morgan fingerprint density at radius 3 is 2.57 bits per heavy atom. The fraction of sp³-hybridized carbons (Fsp3) is 0.600. The van der Waals surface area contributed by atoms with Gasteiger partial charge in [-0.2, -0.15) is 0 Å². The van der Waals surface area contributed by atoms with E-state index in [4.69, 9.17) is 0 Å². The van der Waals surface area contributed by atoms with Crippen LogP contribution in [0.3, 0.4) is 0 Å². The van der Waals surface area contributed by atoms with Gasteiger partial charge in [-0.3, -0.25) is 0 Å². The lowest BCUT2D eigenvalue weighted by molar-refractivity contribution is 0.0211. The van der Waals surface area contributed by atoms with E-state index in [9.17, 15) is 13.5 Å². The third-order valence-electron chi connectivity index (χ3n) is 4.10. The summed E-state index contributed by atoms with van der Waals surface area (Å²) in [5.41, 5.74) is -0.0755. The zero-order valence-electron chi connectivity index (χ0n) is 12.4. The molecule has 1 aromatic rings. The Bertz CT molecular complexity index is 583. The van der Waals surface area contributed by atoms with Crippen LogP contribution in [0, 0.1) is 5.92 Å². The van der Waals surface area contributed by atoms with Gasteiger partial charge in [0, 0.05) is 17.6 Å². The van der Waals surface area contributed by atoms with Gasteiger partial charge < -0.3 is 5.11 Å². The predicted molar refractivity (Wildman–Crippen MR) is 87.5 cm³/mol. The molecule has 2 rings (SSSR count). The summed E-state index contributed by atoms with van der Waals surface area (Å²) in [5.74, 6) is 0.187. The second-order valence-electron chi connectivity index (χ2n) is 6.11. The summed E-state index contributed by atoms with van der Waals surface area (Å²) in [6.45, 7) is 2.90. The first-order chi connectivity index (χ1) is 9.68. The van der Waals surface area contributed by atoms with E-state index in [2.05, 4.69) is 15.9 Å². The first-order valence-corrected chi connectivity index (χ1v) is 9.76. The number of rotatable bonds is 4. The van der Waals surface area contributed by atoms with E-state index in [1.54, 1.807) is 6.92 Å². The molecule has 2 unspecified atom stereocenters. The number of piperidine rings is 1. The van der Waals surface area contributed by atoms with Crippen LogP contribution < -0.4 is 0 Å². The summed E-state index contributed by atoms with van der Waals surface area (Å²) in [7, 11) is -3.14. The van der Waals surface area contributed by atoms with Crippen molar-refractivity contribution in [1.82, 2.24) is 4.31 Å². The average molecular weight is 376 g/mol. The molecule has 0 aromatic heterocycles. The lowest BCUT2D eigenvalue weighted by Crippen LogP contribution is -2.41. The van der Waals surface area contributed by atoms with Gasteiger partial charge in [-0.25, -0.2) is 12.7 Å². The molecule has 118 valence electrons. The van der Waals surface area contributed by atoms with Gasteiger partial charge in [0.15, 0.2) is 0 Å². The molecule has 0 aliphatic carbocycles. The summed E-state index contributed by atoms with van der Waals surface area (Å²) in [5, 5.41) is 10.7. The molecule has 2 atom stereocenters. The minimum absolute atomic E-state index is 0.187. The number of nitrogens with zero attached hydrogens (tertiary/aromatic N) is 1. The first kappa shape index (κ1) is 16.9. The Kier molecular flexibility index (Phi) is 5.13. The highest BCUT2D eigenvalue weighted by Gasteiger charge is 2.32. The summed E-state index contributed by atoms with van der Waals surface area (Å²) < 4.78 is 25.8. The van der Waals surface area contributed by atoms with Crippen LogP contribution >= 0.6 is 15.9 Å². The highest BCUT2D eigenvalue weighted by Crippen LogP contribution is 2.33. The maximum Gasteiger partial charge on any atom is 0.211 e. The van der Waals surface area contributed by atoms with E-state index < -0.39 is 15.6 Å². The molecule has 4 nitrogen and oxygen atoms in total. The summed E-state index contributed by atoms with van der Waals surface area (Å²) in [6.07, 6.45) is 3.63. The van der Waals surface area contributed by atoms with Gasteiger partial charge >= 0.3 is 0 Å². The van der Waals surface area contributed by atoms with Gasteiger partial charge in [-0.15, -0.1) is 0 Å². The van der Waals surface area contributed by atoms with Crippen LogP contribution in [0.1, 0.15) is 31.7 Å². The number of hydrogen-bond donors (Lipinski definition) is 1. The van der Waals surface area contributed by atoms with Gasteiger partial charge in [-0.1, -0.05) is 28.1 Å². The van der Waals surface area contributed by atoms with Crippen molar-refractivity contribution < 1.29 is 13.5 Å². The molecule has 1 aliphatic heterocycles. The molecular weight excluding hydrogens is 354 g/mol. The minimum Gasteiger partial charge on any atom is -0.385 e. The Balaban J connectivity index is 2.07. The molecule has 1 aromatic carbocycles. The number of hydrogen-bond acceptors (Lipinski definition) is 3. The summed E-state index contributed by atoms with van der Waals surface area (Å²) >= 11 is 3.39. The van der Waals surface area contributed by atoms with Crippen molar-refractivity contribution in [3.05, 3.63) is 34.3 Å². The molecule has 0 bridgehead atoms. The third kappa shape index (κ3) is 4.52. The molecule has 1 fully saturated rings. The molecule has 0 saturated carbocycles. The number of sulfonamides is 1. The van der Waals surface area contributed by atoms with Crippen LogP contribution in [0.2, 0.25) is 0 Å². The monoisotopic (exact) mass is 375 g/mol. The van der Waals surface area contributed by atoms with Crippen LogP contribution in [0.15, 0.2) is 28.7 Å². The lowest BCUT2D eigenvalue weighted by Gasteiger charge is -2.35. The quantitative estimate of drug-likeness (QED) is 0.879. The van der Waals surface area contributed by atoms with Crippen molar-refractivity contribution in [2.45, 2.75) is 31.8 Å². The van der Waals surface area contributed by atoms with Gasteiger partial charge in [0.1, 0.15) is 0 Å². The molecule has 6 heteroatoms. The van der Waals surface area contributed by atoms with E-state index in [1.807, 2.05) is 24.3 Å². The summed E-state index contributed by atoms with van der Waals surface area (Å²) in [4.78, 5) is 0. The standard InChI is InChI=1S/C15H22BrNO3S/c1-15(18,13-5-7-14(16)8-6-13)10-12-4-3-9-17(11-12)21(2,19)20/h5-8,12,18H,3-4,9-11H2,1-2H3. The van der Waals surface area contributed by atoms with E-state index >= 15 is 0 Å². The molecule has 0 spiro atoms. The molecule has 1 heterocycles. The van der Waals surface area contributed by atoms with Crippen molar-refractivity contribution in [2.75, 3.05) is 19.3 Å². The Morgan fingerprint density at radius 1 is 1.38 bits per heavy atom. The largest absolute Gasteiger partial charge is 0.385 e. The van der Waals surface area contributed by atoms with Gasteiger partial charge in [0.05, 0.1) is 11.9 Å². The second-order valence-corrected chi connectivity index (χ2v) is 9.01. The molecule has 1 N–H and O–H groups in total. The Hall–Kier alpha value is -0.430. The van der Waals surface area contributed by atoms with Crippen molar-refractivity contribution in [2.24, 2.45) is 5.92 Å². The minimum atomic E-state index is -3.14. The zero-order valence-corrected chi connectivity index (χ0v) is 14.8. The van der Waals surface area contributed by atoms with Crippen molar-refractivity contribution in [3.63, 3.8) is 0 Å². The maximum atomic E-state index is 11.7. The first-order valence-electron chi connectivity index (χ1n) is 7.12. The fourth-order valence-electron chi connectivity index (χ4n) is 2.98. The maximum absolute atomic E-state index is 11.7. The molecule has 21 heavy (non-hydrogen) atoms. The predicted octanol–water partition coefficient (Wildman–Crippen LogP) is 2.72. The van der Waals surface area contributed by atoms with E-state index in [0.29, 0.717) is 19.5 Å². The van der Waals surface area contributed by atoms with Crippen LogP contribution in [0.25, 0.3) is 0 Å². The topological polar surface area (TPSA) is 57.6 Å². The van der Waals surface area contributed by atoms with E-state index in [0.717, 1.165) is 22.9 Å². The molecule has 1 aliphatic rings. The average Bonchev–Trinajstić information content (AvgIpc) is 2.38. The number of aliphatic hydroxyl groups is 1. The SMILES string of the molecule is CC(O)(CC1CCCN(S(C)(=O)=O)C1)c1ccc(Br)cc1. The lowest BCUT2D eigenvalue weighted by atomic mass is 9.83. The van der Waals surface area contributed by atoms with Crippen molar-refractivity contribution in [1.29, 1.82) is 0 Å². The molecular formula is C15H22BrNO3S. The molecule has 0 radical (unpaired) electrons. The number of halogens is 1. The van der Waals surface area contributed by atoms with Gasteiger partial charge in [0.25, 0.3) is 0 Å². The van der Waals surface area contributed by atoms with Crippen LogP contribution in [-0.2, 0) is 15.6 Å². The molecule has 0 amide bonds. The smallest absolute Gasteiger partial charge is 0.211 e. The van der Waals surface area contributed by atoms with Crippen LogP contribution in [0.4, 0.5) is 0 Å². The second kappa shape index (κ2) is 6.36. The van der Waals surface area contributed by atoms with Crippen LogP contribution in [-0.4, -0.2) is 37.2 Å². The number of benzene rings is 1. The van der Waals surface area contributed by atoms with E-state index in [-0.39, 0.29) is 5.92 Å². The summed E-state index contributed by atoms with van der Waals surface area (Å²) in [6, 6.07) is 7.63.